The quantitative estimate of drug-likeness (QED) is 0.816. The predicted octanol–water partition coefficient (Wildman–Crippen LogP) is 3.83. The first-order chi connectivity index (χ1) is 14.5. The van der Waals surface area contributed by atoms with Crippen LogP contribution in [0.3, 0.4) is 0 Å². The SMILES string of the molecule is CN1CCCCCC(O)c2cc(C(=O)N3CCN(c4ccccc4F)CC3)ccc21. The molecule has 2 heterocycles. The lowest BCUT2D eigenvalue weighted by Gasteiger charge is -2.36. The van der Waals surface area contributed by atoms with Gasteiger partial charge in [0, 0.05) is 56.6 Å². The number of hydrogen-bond donors (Lipinski definition) is 1. The summed E-state index contributed by atoms with van der Waals surface area (Å²) in [6.45, 7) is 3.25. The first-order valence-electron chi connectivity index (χ1n) is 10.9. The number of aliphatic hydroxyl groups is 1. The molecule has 0 aliphatic carbocycles. The lowest BCUT2D eigenvalue weighted by atomic mass is 9.99. The summed E-state index contributed by atoms with van der Waals surface area (Å²) in [6, 6.07) is 12.5. The van der Waals surface area contributed by atoms with Gasteiger partial charge in [-0.2, -0.15) is 0 Å². The summed E-state index contributed by atoms with van der Waals surface area (Å²) in [5.41, 5.74) is 3.05. The first-order valence-corrected chi connectivity index (χ1v) is 10.9. The Morgan fingerprint density at radius 2 is 1.73 bits per heavy atom. The van der Waals surface area contributed by atoms with Crippen molar-refractivity contribution >= 4 is 17.3 Å². The van der Waals surface area contributed by atoms with Crippen LogP contribution in [0.5, 0.6) is 0 Å². The molecular weight excluding hydrogens is 381 g/mol. The molecular formula is C24H30FN3O2. The van der Waals surface area contributed by atoms with Crippen LogP contribution >= 0.6 is 0 Å². The van der Waals surface area contributed by atoms with E-state index in [1.165, 1.54) is 6.07 Å². The third kappa shape index (κ3) is 4.29. The maximum atomic E-state index is 14.1. The molecule has 6 heteroatoms. The number of nitrogens with zero attached hydrogens (tertiary/aromatic N) is 3. The van der Waals surface area contributed by atoms with Crippen molar-refractivity contribution in [3.63, 3.8) is 0 Å². The highest BCUT2D eigenvalue weighted by Gasteiger charge is 2.25. The molecule has 1 amide bonds. The predicted molar refractivity (Wildman–Crippen MR) is 118 cm³/mol. The fourth-order valence-corrected chi connectivity index (χ4v) is 4.48. The highest BCUT2D eigenvalue weighted by Crippen LogP contribution is 2.32. The summed E-state index contributed by atoms with van der Waals surface area (Å²) in [5, 5.41) is 10.7. The van der Waals surface area contributed by atoms with Crippen molar-refractivity contribution in [3.05, 3.63) is 59.4 Å². The summed E-state index contributed by atoms with van der Waals surface area (Å²) >= 11 is 0. The van der Waals surface area contributed by atoms with Crippen LogP contribution in [0.4, 0.5) is 15.8 Å². The molecule has 2 aliphatic rings. The average molecular weight is 412 g/mol. The van der Waals surface area contributed by atoms with Gasteiger partial charge in [-0.1, -0.05) is 25.0 Å². The number of piperazine rings is 1. The number of carbonyl (C=O) groups is 1. The Balaban J connectivity index is 1.49. The molecule has 0 bridgehead atoms. The van der Waals surface area contributed by atoms with Crippen LogP contribution in [0, 0.1) is 5.82 Å². The van der Waals surface area contributed by atoms with Gasteiger partial charge in [0.2, 0.25) is 0 Å². The normalized spacial score (nSPS) is 20.2. The van der Waals surface area contributed by atoms with Gasteiger partial charge in [0.25, 0.3) is 5.91 Å². The van der Waals surface area contributed by atoms with Gasteiger partial charge < -0.3 is 19.8 Å². The van der Waals surface area contributed by atoms with E-state index in [-0.39, 0.29) is 11.7 Å². The van der Waals surface area contributed by atoms with Crippen molar-refractivity contribution in [1.82, 2.24) is 4.90 Å². The van der Waals surface area contributed by atoms with Gasteiger partial charge >= 0.3 is 0 Å². The smallest absolute Gasteiger partial charge is 0.253 e. The molecule has 30 heavy (non-hydrogen) atoms. The lowest BCUT2D eigenvalue weighted by molar-refractivity contribution is 0.0746. The molecule has 2 aliphatic heterocycles. The average Bonchev–Trinajstić information content (AvgIpc) is 2.84. The number of carbonyl (C=O) groups excluding carboxylic acids is 1. The molecule has 2 aromatic carbocycles. The highest BCUT2D eigenvalue weighted by atomic mass is 19.1. The molecule has 0 spiro atoms. The largest absolute Gasteiger partial charge is 0.388 e. The van der Waals surface area contributed by atoms with E-state index < -0.39 is 6.10 Å². The van der Waals surface area contributed by atoms with E-state index in [1.54, 1.807) is 12.1 Å². The standard InChI is InChI=1S/C24H30FN3O2/c1-26-12-6-2-3-9-23(29)19-17-18(10-11-21(19)26)24(30)28-15-13-27(14-16-28)22-8-5-4-7-20(22)25/h4-5,7-8,10-11,17,23,29H,2-3,6,9,12-16H2,1H3. The van der Waals surface area contributed by atoms with Crippen LogP contribution in [-0.2, 0) is 0 Å². The van der Waals surface area contributed by atoms with Crippen LogP contribution in [0.2, 0.25) is 0 Å². The van der Waals surface area contributed by atoms with E-state index in [9.17, 15) is 14.3 Å². The molecule has 1 atom stereocenters. The van der Waals surface area contributed by atoms with E-state index >= 15 is 0 Å². The molecule has 0 aromatic heterocycles. The van der Waals surface area contributed by atoms with E-state index in [2.05, 4.69) is 4.90 Å². The number of para-hydroxylation sites is 1. The maximum absolute atomic E-state index is 14.1. The fraction of sp³-hybridized carbons (Fsp3) is 0.458. The second-order valence-corrected chi connectivity index (χ2v) is 8.29. The summed E-state index contributed by atoms with van der Waals surface area (Å²) < 4.78 is 14.1. The number of fused-ring (bicyclic) bond motifs is 1. The van der Waals surface area contributed by atoms with Crippen molar-refractivity contribution in [3.8, 4) is 0 Å². The molecule has 5 nitrogen and oxygen atoms in total. The van der Waals surface area contributed by atoms with Crippen LogP contribution in [0.1, 0.15) is 47.7 Å². The minimum absolute atomic E-state index is 0.0271. The topological polar surface area (TPSA) is 47.0 Å². The van der Waals surface area contributed by atoms with Crippen molar-refractivity contribution < 1.29 is 14.3 Å². The van der Waals surface area contributed by atoms with Gasteiger partial charge in [-0.15, -0.1) is 0 Å². The zero-order valence-corrected chi connectivity index (χ0v) is 17.6. The Morgan fingerprint density at radius 1 is 0.967 bits per heavy atom. The van der Waals surface area contributed by atoms with E-state index in [1.807, 2.05) is 41.1 Å². The maximum Gasteiger partial charge on any atom is 0.253 e. The van der Waals surface area contributed by atoms with E-state index in [4.69, 9.17) is 0 Å². The number of rotatable bonds is 2. The molecule has 4 rings (SSSR count). The lowest BCUT2D eigenvalue weighted by Crippen LogP contribution is -2.49. The van der Waals surface area contributed by atoms with E-state index in [0.717, 1.165) is 43.5 Å². The Bertz CT molecular complexity index is 896. The zero-order chi connectivity index (χ0) is 21.1. The van der Waals surface area contributed by atoms with Crippen LogP contribution in [0.15, 0.2) is 42.5 Å². The van der Waals surface area contributed by atoms with Crippen LogP contribution in [-0.4, -0.2) is 55.7 Å². The summed E-state index contributed by atoms with van der Waals surface area (Å²) in [4.78, 5) is 19.1. The first kappa shape index (κ1) is 20.7. The van der Waals surface area contributed by atoms with Crippen molar-refractivity contribution in [2.24, 2.45) is 0 Å². The Kier molecular flexibility index (Phi) is 6.23. The van der Waals surface area contributed by atoms with Crippen molar-refractivity contribution in [1.29, 1.82) is 0 Å². The Hall–Kier alpha value is -2.60. The molecule has 0 radical (unpaired) electrons. The minimum atomic E-state index is -0.550. The minimum Gasteiger partial charge on any atom is -0.388 e. The van der Waals surface area contributed by atoms with Gasteiger partial charge in [0.1, 0.15) is 5.82 Å². The second kappa shape index (κ2) is 9.04. The van der Waals surface area contributed by atoms with Gasteiger partial charge in [0.15, 0.2) is 0 Å². The number of aliphatic hydroxyl groups excluding tert-OH is 1. The second-order valence-electron chi connectivity index (χ2n) is 8.29. The molecule has 1 N–H and O–H groups in total. The van der Waals surface area contributed by atoms with E-state index in [0.29, 0.717) is 37.4 Å². The molecule has 0 saturated carbocycles. The number of amides is 1. The summed E-state index contributed by atoms with van der Waals surface area (Å²) in [7, 11) is 2.04. The van der Waals surface area contributed by atoms with Crippen molar-refractivity contribution in [2.75, 3.05) is 49.6 Å². The van der Waals surface area contributed by atoms with Crippen LogP contribution in [0.25, 0.3) is 0 Å². The number of benzene rings is 2. The molecule has 1 unspecified atom stereocenters. The van der Waals surface area contributed by atoms with Crippen LogP contribution < -0.4 is 9.80 Å². The number of anilines is 2. The van der Waals surface area contributed by atoms with Gasteiger partial charge in [-0.25, -0.2) is 4.39 Å². The molecule has 2 aromatic rings. The third-order valence-corrected chi connectivity index (χ3v) is 6.28. The van der Waals surface area contributed by atoms with Gasteiger partial charge in [0.05, 0.1) is 11.8 Å². The Morgan fingerprint density at radius 3 is 2.50 bits per heavy atom. The number of halogens is 1. The summed E-state index contributed by atoms with van der Waals surface area (Å²) in [5.74, 6) is -0.256. The van der Waals surface area contributed by atoms with Gasteiger partial charge in [-0.3, -0.25) is 4.79 Å². The monoisotopic (exact) mass is 411 g/mol. The fourth-order valence-electron chi connectivity index (χ4n) is 4.48. The Labute approximate surface area is 177 Å². The third-order valence-electron chi connectivity index (χ3n) is 6.28. The van der Waals surface area contributed by atoms with Crippen molar-refractivity contribution in [2.45, 2.75) is 31.8 Å². The highest BCUT2D eigenvalue weighted by molar-refractivity contribution is 5.95. The van der Waals surface area contributed by atoms with Gasteiger partial charge in [-0.05, 0) is 43.2 Å². The summed E-state index contributed by atoms with van der Waals surface area (Å²) in [6.07, 6.45) is 3.37. The molecule has 160 valence electrons. The molecule has 1 saturated heterocycles. The number of hydrogen-bond acceptors (Lipinski definition) is 4. The molecule has 1 fully saturated rings. The zero-order valence-electron chi connectivity index (χ0n) is 17.6.